The summed E-state index contributed by atoms with van der Waals surface area (Å²) in [5.41, 5.74) is 1.15. The molecule has 1 aromatic carbocycles. The maximum atomic E-state index is 11.8. The van der Waals surface area contributed by atoms with Crippen LogP contribution in [0.2, 0.25) is 0 Å². The number of H-pyrrole nitrogens is 1. The molecule has 0 saturated carbocycles. The topological polar surface area (TPSA) is 72.7 Å². The van der Waals surface area contributed by atoms with E-state index >= 15 is 0 Å². The van der Waals surface area contributed by atoms with Crippen molar-refractivity contribution in [2.75, 3.05) is 0 Å². The predicted molar refractivity (Wildman–Crippen MR) is 83.0 cm³/mol. The molecule has 21 heavy (non-hydrogen) atoms. The molecule has 0 aliphatic rings. The van der Waals surface area contributed by atoms with Crippen molar-refractivity contribution in [3.8, 4) is 5.82 Å². The van der Waals surface area contributed by atoms with Crippen LogP contribution in [-0.4, -0.2) is 19.3 Å². The number of aromatic amines is 1. The van der Waals surface area contributed by atoms with Crippen molar-refractivity contribution in [2.45, 2.75) is 20.8 Å². The zero-order valence-corrected chi connectivity index (χ0v) is 12.5. The van der Waals surface area contributed by atoms with Gasteiger partial charge in [-0.15, -0.1) is 0 Å². The van der Waals surface area contributed by atoms with E-state index in [2.05, 4.69) is 10.1 Å². The lowest BCUT2D eigenvalue weighted by molar-refractivity contribution is 0.759. The van der Waals surface area contributed by atoms with Crippen molar-refractivity contribution < 1.29 is 0 Å². The number of rotatable bonds is 1. The highest BCUT2D eigenvalue weighted by molar-refractivity contribution is 5.87. The molecule has 6 heteroatoms. The van der Waals surface area contributed by atoms with E-state index in [9.17, 15) is 9.59 Å². The minimum absolute atomic E-state index is 0.419. The summed E-state index contributed by atoms with van der Waals surface area (Å²) in [5.74, 6) is 0.513. The molecular weight excluding hydrogens is 268 g/mol. The van der Waals surface area contributed by atoms with Crippen LogP contribution >= 0.6 is 0 Å². The van der Waals surface area contributed by atoms with Crippen molar-refractivity contribution in [2.24, 2.45) is 7.05 Å². The van der Waals surface area contributed by atoms with Gasteiger partial charge in [0.15, 0.2) is 5.82 Å². The van der Waals surface area contributed by atoms with E-state index in [0.29, 0.717) is 5.82 Å². The third kappa shape index (κ3) is 2.65. The van der Waals surface area contributed by atoms with Gasteiger partial charge in [-0.05, 0) is 24.6 Å². The van der Waals surface area contributed by atoms with Gasteiger partial charge in [-0.25, -0.2) is 4.79 Å². The van der Waals surface area contributed by atoms with E-state index in [0.717, 1.165) is 16.5 Å². The lowest BCUT2D eigenvalue weighted by Gasteiger charge is -2.00. The molecule has 3 aromatic rings. The first kappa shape index (κ1) is 14.8. The van der Waals surface area contributed by atoms with Crippen LogP contribution in [0.1, 0.15) is 19.4 Å². The molecule has 0 saturated heterocycles. The summed E-state index contributed by atoms with van der Waals surface area (Å²) in [4.78, 5) is 25.1. The summed E-state index contributed by atoms with van der Waals surface area (Å²) < 4.78 is 3.05. The molecular formula is C15H18N4O2. The van der Waals surface area contributed by atoms with Gasteiger partial charge < -0.3 is 0 Å². The molecule has 0 spiro atoms. The molecule has 2 heterocycles. The molecule has 110 valence electrons. The molecule has 1 N–H and O–H groups in total. The fraction of sp³-hybridized carbons (Fsp3) is 0.267. The van der Waals surface area contributed by atoms with Gasteiger partial charge in [-0.2, -0.15) is 5.10 Å². The number of aryl methyl sites for hydroxylation is 2. The molecule has 2 aromatic heterocycles. The molecule has 0 unspecified atom stereocenters. The average Bonchev–Trinajstić information content (AvgIpc) is 2.78. The smallest absolute Gasteiger partial charge is 0.274 e. The van der Waals surface area contributed by atoms with Crippen molar-refractivity contribution in [3.05, 3.63) is 56.9 Å². The van der Waals surface area contributed by atoms with E-state index in [4.69, 9.17) is 0 Å². The first-order valence-electron chi connectivity index (χ1n) is 6.82. The fourth-order valence-electron chi connectivity index (χ4n) is 2.11. The summed E-state index contributed by atoms with van der Waals surface area (Å²) in [6, 6.07) is 7.19. The number of nitrogens with zero attached hydrogens (tertiary/aromatic N) is 3. The molecule has 0 amide bonds. The van der Waals surface area contributed by atoms with Crippen LogP contribution in [0, 0.1) is 6.92 Å². The number of fused-ring (bicyclic) bond motifs is 1. The Bertz CT molecular complexity index is 887. The maximum absolute atomic E-state index is 11.8. The zero-order valence-electron chi connectivity index (χ0n) is 12.5. The number of benzene rings is 1. The Morgan fingerprint density at radius 3 is 2.52 bits per heavy atom. The molecule has 0 fully saturated rings. The van der Waals surface area contributed by atoms with Gasteiger partial charge in [-0.3, -0.25) is 19.0 Å². The first-order chi connectivity index (χ1) is 10.1. The molecule has 0 aliphatic heterocycles. The SMILES string of the molecule is CC.Cc1ccc2c(-n3ccc(=O)[nH]c3=O)nn(C)c2c1. The van der Waals surface area contributed by atoms with E-state index < -0.39 is 11.2 Å². The summed E-state index contributed by atoms with van der Waals surface area (Å²) in [6.45, 7) is 6.00. The zero-order chi connectivity index (χ0) is 15.6. The molecule has 0 bridgehead atoms. The van der Waals surface area contributed by atoms with E-state index in [-0.39, 0.29) is 0 Å². The normalized spacial score (nSPS) is 10.3. The third-order valence-corrected chi connectivity index (χ3v) is 3.04. The maximum Gasteiger partial charge on any atom is 0.334 e. The average molecular weight is 286 g/mol. The van der Waals surface area contributed by atoms with Gasteiger partial charge in [0.25, 0.3) is 5.56 Å². The Morgan fingerprint density at radius 1 is 1.14 bits per heavy atom. The Hall–Kier alpha value is -2.63. The number of aromatic nitrogens is 4. The van der Waals surface area contributed by atoms with E-state index in [1.807, 2.05) is 46.0 Å². The van der Waals surface area contributed by atoms with Gasteiger partial charge in [0, 0.05) is 24.7 Å². The molecule has 3 rings (SSSR count). The van der Waals surface area contributed by atoms with Crippen LogP contribution in [-0.2, 0) is 7.05 Å². The van der Waals surface area contributed by atoms with Crippen molar-refractivity contribution in [1.82, 2.24) is 19.3 Å². The Balaban J connectivity index is 0.000000774. The minimum Gasteiger partial charge on any atom is -0.274 e. The number of hydrogen-bond donors (Lipinski definition) is 1. The summed E-state index contributed by atoms with van der Waals surface area (Å²) in [7, 11) is 1.82. The van der Waals surface area contributed by atoms with E-state index in [1.165, 1.54) is 16.8 Å². The molecule has 0 atom stereocenters. The molecule has 0 aliphatic carbocycles. The third-order valence-electron chi connectivity index (χ3n) is 3.04. The van der Waals surface area contributed by atoms with Crippen LogP contribution in [0.15, 0.2) is 40.1 Å². The van der Waals surface area contributed by atoms with Crippen LogP contribution in [0.4, 0.5) is 0 Å². The number of hydrogen-bond acceptors (Lipinski definition) is 3. The second kappa shape index (κ2) is 5.78. The summed E-state index contributed by atoms with van der Waals surface area (Å²) in [6.07, 6.45) is 1.43. The second-order valence-corrected chi connectivity index (χ2v) is 4.45. The number of nitrogens with one attached hydrogen (secondary N) is 1. The van der Waals surface area contributed by atoms with Crippen molar-refractivity contribution in [1.29, 1.82) is 0 Å². The van der Waals surface area contributed by atoms with Crippen LogP contribution in [0.5, 0.6) is 0 Å². The summed E-state index contributed by atoms with van der Waals surface area (Å²) >= 11 is 0. The Kier molecular flexibility index (Phi) is 4.07. The van der Waals surface area contributed by atoms with E-state index in [1.54, 1.807) is 4.68 Å². The highest BCUT2D eigenvalue weighted by Crippen LogP contribution is 2.21. The Labute approximate surface area is 121 Å². The molecule has 6 nitrogen and oxygen atoms in total. The predicted octanol–water partition coefficient (Wildman–Crippen LogP) is 1.75. The lowest BCUT2D eigenvalue weighted by Crippen LogP contribution is -2.27. The van der Waals surface area contributed by atoms with Crippen LogP contribution in [0.3, 0.4) is 0 Å². The van der Waals surface area contributed by atoms with Gasteiger partial charge in [0.1, 0.15) is 0 Å². The molecule has 0 radical (unpaired) electrons. The standard InChI is InChI=1S/C13H12N4O2.C2H6/c1-8-3-4-9-10(7-8)16(2)15-12(9)17-6-5-11(18)14-13(17)19;1-2/h3-7H,1-2H3,(H,14,18,19);1-2H3. The fourth-order valence-corrected chi connectivity index (χ4v) is 2.11. The first-order valence-corrected chi connectivity index (χ1v) is 6.82. The second-order valence-electron chi connectivity index (χ2n) is 4.45. The van der Waals surface area contributed by atoms with Crippen LogP contribution in [0.25, 0.3) is 16.7 Å². The summed E-state index contributed by atoms with van der Waals surface area (Å²) in [5, 5.41) is 5.21. The van der Waals surface area contributed by atoms with Gasteiger partial charge in [-0.1, -0.05) is 19.9 Å². The Morgan fingerprint density at radius 2 is 1.86 bits per heavy atom. The van der Waals surface area contributed by atoms with Crippen molar-refractivity contribution in [3.63, 3.8) is 0 Å². The minimum atomic E-state index is -0.493. The highest BCUT2D eigenvalue weighted by atomic mass is 16.2. The highest BCUT2D eigenvalue weighted by Gasteiger charge is 2.11. The monoisotopic (exact) mass is 286 g/mol. The van der Waals surface area contributed by atoms with Gasteiger partial charge >= 0.3 is 5.69 Å². The van der Waals surface area contributed by atoms with Gasteiger partial charge in [0.05, 0.1) is 5.52 Å². The quantitative estimate of drug-likeness (QED) is 0.740. The van der Waals surface area contributed by atoms with Crippen LogP contribution < -0.4 is 11.2 Å². The van der Waals surface area contributed by atoms with Gasteiger partial charge in [0.2, 0.25) is 0 Å². The van der Waals surface area contributed by atoms with Crippen molar-refractivity contribution >= 4 is 10.9 Å². The largest absolute Gasteiger partial charge is 0.334 e. The lowest BCUT2D eigenvalue weighted by atomic mass is 10.2.